The van der Waals surface area contributed by atoms with Gasteiger partial charge in [0, 0.05) is 18.7 Å². The van der Waals surface area contributed by atoms with Crippen LogP contribution in [0.1, 0.15) is 32.1 Å². The molecule has 2 N–H and O–H groups in total. The third-order valence-corrected chi connectivity index (χ3v) is 4.54. The van der Waals surface area contributed by atoms with Crippen molar-refractivity contribution in [3.05, 3.63) is 18.2 Å². The lowest BCUT2D eigenvalue weighted by atomic mass is 9.91. The van der Waals surface area contributed by atoms with Crippen LogP contribution < -0.4 is 15.4 Å². The van der Waals surface area contributed by atoms with Crippen LogP contribution in [0.25, 0.3) is 0 Å². The normalized spacial score (nSPS) is 27.1. The first-order valence-electron chi connectivity index (χ1n) is 7.00. The Hall–Kier alpha value is -1.38. The molecule has 2 unspecified atom stereocenters. The summed E-state index contributed by atoms with van der Waals surface area (Å²) in [7, 11) is 1.71. The van der Waals surface area contributed by atoms with E-state index < -0.39 is 0 Å². The molecule has 0 radical (unpaired) electrons. The highest BCUT2D eigenvalue weighted by Crippen LogP contribution is 2.41. The molecule has 2 aliphatic rings. The molecule has 3 rings (SSSR count). The van der Waals surface area contributed by atoms with Crippen LogP contribution in [0.3, 0.4) is 0 Å². The highest BCUT2D eigenvalue weighted by Gasteiger charge is 2.35. The summed E-state index contributed by atoms with van der Waals surface area (Å²) in [6.07, 6.45) is 6.77. The second kappa shape index (κ2) is 4.71. The molecule has 1 saturated heterocycles. The zero-order chi connectivity index (χ0) is 12.5. The number of nitrogens with zero attached hydrogens (tertiary/aromatic N) is 1. The molecular weight excluding hydrogens is 224 g/mol. The molecule has 0 bridgehead atoms. The minimum atomic E-state index is 0.702. The Morgan fingerprint density at radius 1 is 1.22 bits per heavy atom. The van der Waals surface area contributed by atoms with Crippen molar-refractivity contribution < 1.29 is 4.74 Å². The Labute approximate surface area is 109 Å². The van der Waals surface area contributed by atoms with Crippen LogP contribution in [-0.2, 0) is 0 Å². The molecule has 2 fully saturated rings. The smallest absolute Gasteiger partial charge is 0.121 e. The molecule has 1 aromatic rings. The molecule has 3 nitrogen and oxygen atoms in total. The van der Waals surface area contributed by atoms with Crippen molar-refractivity contribution >= 4 is 11.4 Å². The van der Waals surface area contributed by atoms with Crippen molar-refractivity contribution in [1.29, 1.82) is 0 Å². The number of hydrogen-bond donors (Lipinski definition) is 1. The van der Waals surface area contributed by atoms with E-state index in [-0.39, 0.29) is 0 Å². The fourth-order valence-electron chi connectivity index (χ4n) is 3.65. The van der Waals surface area contributed by atoms with Gasteiger partial charge < -0.3 is 15.4 Å². The van der Waals surface area contributed by atoms with E-state index in [4.69, 9.17) is 10.5 Å². The summed E-state index contributed by atoms with van der Waals surface area (Å²) >= 11 is 0. The summed E-state index contributed by atoms with van der Waals surface area (Å²) in [5, 5.41) is 0. The van der Waals surface area contributed by atoms with Crippen LogP contribution in [0, 0.1) is 5.92 Å². The van der Waals surface area contributed by atoms with E-state index in [2.05, 4.69) is 11.0 Å². The minimum Gasteiger partial charge on any atom is -0.497 e. The van der Waals surface area contributed by atoms with Gasteiger partial charge in [-0.2, -0.15) is 0 Å². The topological polar surface area (TPSA) is 38.5 Å². The van der Waals surface area contributed by atoms with Crippen molar-refractivity contribution in [3.8, 4) is 5.75 Å². The van der Waals surface area contributed by atoms with E-state index in [1.165, 1.54) is 37.8 Å². The Kier molecular flexibility index (Phi) is 3.06. The summed E-state index contributed by atoms with van der Waals surface area (Å²) in [6, 6.07) is 6.70. The zero-order valence-corrected chi connectivity index (χ0v) is 11.1. The van der Waals surface area contributed by atoms with Crippen LogP contribution in [0.4, 0.5) is 11.4 Å². The van der Waals surface area contributed by atoms with Gasteiger partial charge in [0.1, 0.15) is 5.75 Å². The van der Waals surface area contributed by atoms with E-state index in [9.17, 15) is 0 Å². The van der Waals surface area contributed by atoms with Gasteiger partial charge in [-0.05, 0) is 43.7 Å². The molecule has 1 heterocycles. The molecule has 98 valence electrons. The van der Waals surface area contributed by atoms with Gasteiger partial charge in [0.25, 0.3) is 0 Å². The minimum absolute atomic E-state index is 0.702. The summed E-state index contributed by atoms with van der Waals surface area (Å²) in [6.45, 7) is 1.14. The van der Waals surface area contributed by atoms with Gasteiger partial charge in [0.15, 0.2) is 0 Å². The number of hydrogen-bond acceptors (Lipinski definition) is 3. The third kappa shape index (κ3) is 1.92. The number of rotatable bonds is 2. The summed E-state index contributed by atoms with van der Waals surface area (Å²) < 4.78 is 5.33. The quantitative estimate of drug-likeness (QED) is 0.815. The highest BCUT2D eigenvalue weighted by atomic mass is 16.5. The highest BCUT2D eigenvalue weighted by molar-refractivity contribution is 5.70. The molecule has 3 heteroatoms. The van der Waals surface area contributed by atoms with Crippen molar-refractivity contribution in [2.24, 2.45) is 5.92 Å². The molecule has 1 aromatic carbocycles. The second-order valence-corrected chi connectivity index (χ2v) is 5.52. The van der Waals surface area contributed by atoms with Gasteiger partial charge in [-0.1, -0.05) is 6.42 Å². The molecule has 18 heavy (non-hydrogen) atoms. The largest absolute Gasteiger partial charge is 0.497 e. The lowest BCUT2D eigenvalue weighted by Gasteiger charge is -2.40. The number of benzene rings is 1. The molecule has 1 aliphatic carbocycles. The number of methoxy groups -OCH3 is 1. The van der Waals surface area contributed by atoms with Gasteiger partial charge in [0.2, 0.25) is 0 Å². The standard InChI is InChI=1S/C15H22N2O/c1-18-12-7-8-13(16)15(10-12)17-9-3-5-11-4-2-6-14(11)17/h7-8,10-11,14H,2-6,9,16H2,1H3. The van der Waals surface area contributed by atoms with E-state index in [1.807, 2.05) is 12.1 Å². The van der Waals surface area contributed by atoms with Gasteiger partial charge in [-0.3, -0.25) is 0 Å². The van der Waals surface area contributed by atoms with Crippen molar-refractivity contribution in [3.63, 3.8) is 0 Å². The first-order chi connectivity index (χ1) is 8.79. The lowest BCUT2D eigenvalue weighted by molar-refractivity contribution is 0.362. The van der Waals surface area contributed by atoms with E-state index in [0.717, 1.165) is 23.9 Å². The second-order valence-electron chi connectivity index (χ2n) is 5.52. The number of anilines is 2. The van der Waals surface area contributed by atoms with E-state index in [0.29, 0.717) is 6.04 Å². The number of fused-ring (bicyclic) bond motifs is 1. The van der Waals surface area contributed by atoms with Gasteiger partial charge in [-0.15, -0.1) is 0 Å². The Morgan fingerprint density at radius 2 is 2.06 bits per heavy atom. The monoisotopic (exact) mass is 246 g/mol. The molecular formula is C15H22N2O. The van der Waals surface area contributed by atoms with E-state index >= 15 is 0 Å². The van der Waals surface area contributed by atoms with Crippen LogP contribution in [-0.4, -0.2) is 19.7 Å². The average Bonchev–Trinajstić information content (AvgIpc) is 2.87. The number of ether oxygens (including phenoxy) is 1. The van der Waals surface area contributed by atoms with Crippen molar-refractivity contribution in [2.45, 2.75) is 38.1 Å². The van der Waals surface area contributed by atoms with Crippen LogP contribution >= 0.6 is 0 Å². The van der Waals surface area contributed by atoms with Crippen LogP contribution in [0.5, 0.6) is 5.75 Å². The molecule has 1 saturated carbocycles. The maximum Gasteiger partial charge on any atom is 0.121 e. The fraction of sp³-hybridized carbons (Fsp3) is 0.600. The molecule has 0 spiro atoms. The third-order valence-electron chi connectivity index (χ3n) is 4.54. The van der Waals surface area contributed by atoms with Crippen molar-refractivity contribution in [1.82, 2.24) is 0 Å². The summed E-state index contributed by atoms with van der Waals surface area (Å²) in [5.41, 5.74) is 8.21. The van der Waals surface area contributed by atoms with Crippen LogP contribution in [0.15, 0.2) is 18.2 Å². The zero-order valence-electron chi connectivity index (χ0n) is 11.1. The first kappa shape index (κ1) is 11.7. The van der Waals surface area contributed by atoms with Crippen molar-refractivity contribution in [2.75, 3.05) is 24.3 Å². The number of piperidine rings is 1. The Balaban J connectivity index is 1.93. The first-order valence-corrected chi connectivity index (χ1v) is 7.00. The number of nitrogens with two attached hydrogens (primary N) is 1. The molecule has 1 aliphatic heterocycles. The average molecular weight is 246 g/mol. The fourth-order valence-corrected chi connectivity index (χ4v) is 3.65. The SMILES string of the molecule is COc1ccc(N)c(N2CCCC3CCCC32)c1. The van der Waals surface area contributed by atoms with Gasteiger partial charge in [0.05, 0.1) is 18.5 Å². The Bertz CT molecular complexity index is 433. The lowest BCUT2D eigenvalue weighted by Crippen LogP contribution is -2.42. The van der Waals surface area contributed by atoms with Gasteiger partial charge in [-0.25, -0.2) is 0 Å². The van der Waals surface area contributed by atoms with E-state index in [1.54, 1.807) is 7.11 Å². The summed E-state index contributed by atoms with van der Waals surface area (Å²) in [4.78, 5) is 2.53. The Morgan fingerprint density at radius 3 is 2.89 bits per heavy atom. The molecule has 0 aromatic heterocycles. The number of nitrogen functional groups attached to an aromatic ring is 1. The maximum atomic E-state index is 6.16. The predicted molar refractivity (Wildman–Crippen MR) is 75.1 cm³/mol. The molecule has 2 atom stereocenters. The summed E-state index contributed by atoms with van der Waals surface area (Å²) in [5.74, 6) is 1.78. The predicted octanol–water partition coefficient (Wildman–Crippen LogP) is 3.05. The van der Waals surface area contributed by atoms with Gasteiger partial charge >= 0.3 is 0 Å². The maximum absolute atomic E-state index is 6.16. The van der Waals surface area contributed by atoms with Crippen LogP contribution in [0.2, 0.25) is 0 Å². The molecule has 0 amide bonds.